The van der Waals surface area contributed by atoms with Crippen molar-refractivity contribution in [3.8, 4) is 0 Å². The first-order valence-corrected chi connectivity index (χ1v) is 10.9. The predicted octanol–water partition coefficient (Wildman–Crippen LogP) is -1.78. The van der Waals surface area contributed by atoms with E-state index in [0.29, 0.717) is 0 Å². The zero-order chi connectivity index (χ0) is 15.4. The Morgan fingerprint density at radius 3 is 0.909 bits per heavy atom. The molecule has 0 heterocycles. The van der Waals surface area contributed by atoms with Crippen molar-refractivity contribution in [1.29, 1.82) is 0 Å². The van der Waals surface area contributed by atoms with Crippen LogP contribution in [0.4, 0.5) is 8.78 Å². The molecule has 0 saturated carbocycles. The molecule has 0 aliphatic heterocycles. The molecule has 0 amide bonds. The molecule has 0 radical (unpaired) electrons. The summed E-state index contributed by atoms with van der Waals surface area (Å²) in [5.74, 6) is -0.376. The Kier molecular flexibility index (Phi) is 5.41. The van der Waals surface area contributed by atoms with E-state index in [1.165, 1.54) is 38.5 Å². The van der Waals surface area contributed by atoms with E-state index in [2.05, 4.69) is 24.3 Å². The molecule has 0 aromatic heterocycles. The van der Waals surface area contributed by atoms with E-state index in [9.17, 15) is 8.78 Å². The number of benzene rings is 3. The van der Waals surface area contributed by atoms with Gasteiger partial charge in [-0.3, -0.25) is 0 Å². The Hall–Kier alpha value is -1.02. The van der Waals surface area contributed by atoms with Crippen molar-refractivity contribution in [3.05, 3.63) is 98.7 Å². The molecular formula is C18H12F2I2-2. The van der Waals surface area contributed by atoms with E-state index in [1.54, 1.807) is 0 Å². The molecule has 0 saturated heterocycles. The van der Waals surface area contributed by atoms with Gasteiger partial charge in [-0.1, -0.05) is 0 Å². The summed E-state index contributed by atoms with van der Waals surface area (Å²) in [6, 6.07) is 22.2. The van der Waals surface area contributed by atoms with Crippen LogP contribution in [0.3, 0.4) is 0 Å². The number of hydrogen-bond donors (Lipinski definition) is 0. The molecule has 0 nitrogen and oxygen atoms in total. The van der Waals surface area contributed by atoms with Gasteiger partial charge in [0.05, 0.1) is 0 Å². The van der Waals surface area contributed by atoms with Gasteiger partial charge in [-0.05, 0) is 0 Å². The average molecular weight is 520 g/mol. The van der Waals surface area contributed by atoms with E-state index >= 15 is 0 Å². The second-order valence-corrected chi connectivity index (χ2v) is 10.6. The first kappa shape index (κ1) is 15.9. The van der Waals surface area contributed by atoms with Crippen LogP contribution in [0.25, 0.3) is 0 Å². The molecule has 114 valence electrons. The number of halogens is 4. The van der Waals surface area contributed by atoms with E-state index < -0.39 is 0 Å². The summed E-state index contributed by atoms with van der Waals surface area (Å²) in [7, 11) is 0. The molecule has 0 unspecified atom stereocenters. The first-order chi connectivity index (χ1) is 10.7. The van der Waals surface area contributed by atoms with E-state index in [-0.39, 0.29) is 54.0 Å². The molecule has 22 heavy (non-hydrogen) atoms. The van der Waals surface area contributed by atoms with Crippen molar-refractivity contribution >= 4 is 0 Å². The predicted molar refractivity (Wildman–Crippen MR) is 74.0 cm³/mol. The molecule has 0 fully saturated rings. The van der Waals surface area contributed by atoms with Gasteiger partial charge in [-0.2, -0.15) is 0 Å². The summed E-state index contributed by atoms with van der Waals surface area (Å²) in [4.78, 5) is 0. The van der Waals surface area contributed by atoms with Crippen LogP contribution in [0.1, 0.15) is 0 Å². The van der Waals surface area contributed by atoms with Crippen molar-refractivity contribution < 1.29 is 51.2 Å². The van der Waals surface area contributed by atoms with Gasteiger partial charge in [0.2, 0.25) is 0 Å². The van der Waals surface area contributed by atoms with E-state index in [4.69, 9.17) is 0 Å². The fourth-order valence-electron chi connectivity index (χ4n) is 1.79. The third kappa shape index (κ3) is 4.49. The van der Waals surface area contributed by atoms with Crippen LogP contribution in [-0.2, 0) is 0 Å². The summed E-state index contributed by atoms with van der Waals surface area (Å²) in [6.45, 7) is 0. The second-order valence-electron chi connectivity index (χ2n) is 4.50. The van der Waals surface area contributed by atoms with Crippen LogP contribution in [0.5, 0.6) is 0 Å². The Morgan fingerprint density at radius 2 is 0.636 bits per heavy atom. The molecule has 3 aromatic rings. The molecule has 3 aromatic carbocycles. The van der Waals surface area contributed by atoms with Crippen LogP contribution in [0.15, 0.2) is 72.8 Å². The minimum absolute atomic E-state index is 0.188. The van der Waals surface area contributed by atoms with Gasteiger partial charge < -0.3 is 0 Å². The Balaban J connectivity index is 1.67. The van der Waals surface area contributed by atoms with Gasteiger partial charge in [0, 0.05) is 0 Å². The SMILES string of the molecule is Fc1ccc([I-]c2ccc([I-]c3ccc(F)cc3)cc2)cc1. The van der Waals surface area contributed by atoms with Gasteiger partial charge in [0.25, 0.3) is 0 Å². The summed E-state index contributed by atoms with van der Waals surface area (Å²) in [6.07, 6.45) is 0. The van der Waals surface area contributed by atoms with Gasteiger partial charge in [0.15, 0.2) is 0 Å². The molecule has 0 atom stereocenters. The van der Waals surface area contributed by atoms with E-state index in [1.807, 2.05) is 24.3 Å². The fourth-order valence-corrected chi connectivity index (χ4v) is 6.11. The molecule has 3 rings (SSSR count). The second kappa shape index (κ2) is 7.50. The fraction of sp³-hybridized carbons (Fsp3) is 0. The van der Waals surface area contributed by atoms with Gasteiger partial charge in [-0.15, -0.1) is 0 Å². The van der Waals surface area contributed by atoms with Crippen molar-refractivity contribution in [1.82, 2.24) is 0 Å². The van der Waals surface area contributed by atoms with Gasteiger partial charge in [-0.25, -0.2) is 0 Å². The third-order valence-corrected chi connectivity index (χ3v) is 8.21. The first-order valence-electron chi connectivity index (χ1n) is 6.60. The van der Waals surface area contributed by atoms with Crippen LogP contribution >= 0.6 is 0 Å². The van der Waals surface area contributed by atoms with Gasteiger partial charge in [0.1, 0.15) is 0 Å². The topological polar surface area (TPSA) is 0 Å². The summed E-state index contributed by atoms with van der Waals surface area (Å²) >= 11 is -0.532. The average Bonchev–Trinajstić information content (AvgIpc) is 2.54. The molecule has 0 aliphatic carbocycles. The molecule has 0 N–H and O–H groups in total. The van der Waals surface area contributed by atoms with Crippen molar-refractivity contribution in [2.45, 2.75) is 0 Å². The maximum absolute atomic E-state index is 12.9. The maximum atomic E-state index is 12.9. The quantitative estimate of drug-likeness (QED) is 0.358. The van der Waals surface area contributed by atoms with Crippen molar-refractivity contribution in [2.24, 2.45) is 0 Å². The summed E-state index contributed by atoms with van der Waals surface area (Å²) in [5.41, 5.74) is 0. The zero-order valence-electron chi connectivity index (χ0n) is 11.4. The number of hydrogen-bond acceptors (Lipinski definition) is 0. The number of rotatable bonds is 4. The standard InChI is InChI=1S/C18H12F2I2/c19-13-1-5-15(6-2-13)21-17-9-11-18(12-10-17)22-16-7-3-14(20)4-8-16/h1-12H/q-2. The summed E-state index contributed by atoms with van der Waals surface area (Å²) in [5, 5.41) is 0. The van der Waals surface area contributed by atoms with Crippen LogP contribution in [0.2, 0.25) is 0 Å². The zero-order valence-corrected chi connectivity index (χ0v) is 15.8. The molecule has 0 bridgehead atoms. The molecule has 0 aliphatic rings. The van der Waals surface area contributed by atoms with Crippen LogP contribution < -0.4 is 42.4 Å². The third-order valence-electron chi connectivity index (χ3n) is 2.85. The minimum atomic E-state index is -0.266. The Bertz CT molecular complexity index is 669. The molecular weight excluding hydrogens is 508 g/mol. The molecule has 4 heteroatoms. The van der Waals surface area contributed by atoms with Crippen LogP contribution in [-0.4, -0.2) is 0 Å². The summed E-state index contributed by atoms with van der Waals surface area (Å²) < 4.78 is 30.9. The Morgan fingerprint density at radius 1 is 0.409 bits per heavy atom. The monoisotopic (exact) mass is 520 g/mol. The van der Waals surface area contributed by atoms with Crippen LogP contribution in [0, 0.1) is 25.9 Å². The molecule has 0 spiro atoms. The van der Waals surface area contributed by atoms with Crippen molar-refractivity contribution in [3.63, 3.8) is 0 Å². The Labute approximate surface area is 149 Å². The van der Waals surface area contributed by atoms with E-state index in [0.717, 1.165) is 0 Å². The van der Waals surface area contributed by atoms with Gasteiger partial charge >= 0.3 is 150 Å². The van der Waals surface area contributed by atoms with Crippen molar-refractivity contribution in [2.75, 3.05) is 0 Å². The normalized spacial score (nSPS) is 11.0.